The Labute approximate surface area is 135 Å². The Morgan fingerprint density at radius 1 is 1.23 bits per heavy atom. The van der Waals surface area contributed by atoms with Crippen molar-refractivity contribution in [3.63, 3.8) is 0 Å². The van der Waals surface area contributed by atoms with Gasteiger partial charge >= 0.3 is 5.97 Å². The number of hydrogen-bond acceptors (Lipinski definition) is 5. The molecule has 0 radical (unpaired) electrons. The normalized spacial score (nSPS) is 10.5. The van der Waals surface area contributed by atoms with Gasteiger partial charge in [0.25, 0.3) is 5.19 Å². The van der Waals surface area contributed by atoms with E-state index in [2.05, 4.69) is 24.0 Å². The molecule has 1 heterocycles. The molecule has 0 spiro atoms. The molecule has 0 aliphatic heterocycles. The summed E-state index contributed by atoms with van der Waals surface area (Å²) < 4.78 is 10.3. The molecule has 0 aliphatic rings. The van der Waals surface area contributed by atoms with Crippen LogP contribution in [0.1, 0.15) is 41.9 Å². The smallest absolute Gasteiger partial charge is 0.350 e. The number of benzene rings is 1. The number of thiazole rings is 1. The first kappa shape index (κ1) is 16.5. The van der Waals surface area contributed by atoms with Crippen molar-refractivity contribution in [1.29, 1.82) is 0 Å². The number of carbonyl (C=O) groups is 1. The van der Waals surface area contributed by atoms with Gasteiger partial charge in [-0.05, 0) is 25.3 Å². The van der Waals surface area contributed by atoms with Crippen LogP contribution in [0.3, 0.4) is 0 Å². The lowest BCUT2D eigenvalue weighted by atomic mass is 10.0. The third-order valence-corrected chi connectivity index (χ3v) is 4.29. The molecule has 0 aliphatic carbocycles. The van der Waals surface area contributed by atoms with Gasteiger partial charge in [0.05, 0.1) is 19.4 Å². The lowest BCUT2D eigenvalue weighted by Gasteiger charge is -2.04. The van der Waals surface area contributed by atoms with E-state index in [1.165, 1.54) is 29.7 Å². The second kappa shape index (κ2) is 7.94. The zero-order valence-electron chi connectivity index (χ0n) is 13.2. The molecule has 1 aromatic carbocycles. The first-order valence-corrected chi connectivity index (χ1v) is 8.32. The fourth-order valence-corrected chi connectivity index (χ4v) is 2.93. The molecule has 22 heavy (non-hydrogen) atoms. The van der Waals surface area contributed by atoms with Gasteiger partial charge in [-0.1, -0.05) is 48.9 Å². The number of aromatic nitrogens is 1. The Balaban J connectivity index is 2.30. The summed E-state index contributed by atoms with van der Waals surface area (Å²) in [5.41, 5.74) is 2.83. The molecule has 4 nitrogen and oxygen atoms in total. The number of aryl methyl sites for hydroxylation is 1. The van der Waals surface area contributed by atoms with Crippen LogP contribution in [0.25, 0.3) is 11.3 Å². The minimum atomic E-state index is -0.353. The van der Waals surface area contributed by atoms with E-state index in [-0.39, 0.29) is 5.97 Å². The highest BCUT2D eigenvalue weighted by Gasteiger charge is 2.21. The first-order valence-electron chi connectivity index (χ1n) is 7.50. The number of nitrogens with zero attached hydrogens (tertiary/aromatic N) is 1. The van der Waals surface area contributed by atoms with E-state index in [0.29, 0.717) is 22.4 Å². The predicted molar refractivity (Wildman–Crippen MR) is 88.7 cm³/mol. The highest BCUT2D eigenvalue weighted by atomic mass is 32.1. The molecule has 0 N–H and O–H groups in total. The van der Waals surface area contributed by atoms with Crippen LogP contribution in [0.4, 0.5) is 0 Å². The van der Waals surface area contributed by atoms with Crippen molar-refractivity contribution in [2.75, 3.05) is 13.7 Å². The lowest BCUT2D eigenvalue weighted by Crippen LogP contribution is -2.04. The van der Waals surface area contributed by atoms with Crippen molar-refractivity contribution >= 4 is 17.3 Å². The number of rotatable bonds is 7. The van der Waals surface area contributed by atoms with Crippen LogP contribution < -0.4 is 4.74 Å². The Morgan fingerprint density at radius 2 is 1.95 bits per heavy atom. The predicted octanol–water partition coefficient (Wildman–Crippen LogP) is 4.34. The molecule has 0 unspecified atom stereocenters. The van der Waals surface area contributed by atoms with Gasteiger partial charge in [-0.25, -0.2) is 9.78 Å². The highest BCUT2D eigenvalue weighted by Crippen LogP contribution is 2.33. The maximum absolute atomic E-state index is 12.1. The van der Waals surface area contributed by atoms with Crippen LogP contribution in [0.5, 0.6) is 5.19 Å². The second-order valence-electron chi connectivity index (χ2n) is 4.88. The molecule has 0 fully saturated rings. The minimum Gasteiger partial charge on any atom is -0.473 e. The molecular weight excluding hydrogens is 298 g/mol. The summed E-state index contributed by atoms with van der Waals surface area (Å²) in [7, 11) is 1.55. The van der Waals surface area contributed by atoms with Crippen LogP contribution in [-0.2, 0) is 11.2 Å². The van der Waals surface area contributed by atoms with Crippen molar-refractivity contribution in [1.82, 2.24) is 4.98 Å². The molecule has 118 valence electrons. The topological polar surface area (TPSA) is 48.4 Å². The van der Waals surface area contributed by atoms with Gasteiger partial charge < -0.3 is 9.47 Å². The van der Waals surface area contributed by atoms with E-state index in [1.54, 1.807) is 14.0 Å². The van der Waals surface area contributed by atoms with E-state index in [4.69, 9.17) is 9.47 Å². The number of methoxy groups -OCH3 is 1. The monoisotopic (exact) mass is 319 g/mol. The second-order valence-corrected chi connectivity index (χ2v) is 5.84. The van der Waals surface area contributed by atoms with Gasteiger partial charge in [0.15, 0.2) is 0 Å². The van der Waals surface area contributed by atoms with E-state index in [0.717, 1.165) is 12.0 Å². The maximum Gasteiger partial charge on any atom is 0.350 e. The molecule has 0 saturated heterocycles. The molecule has 0 bridgehead atoms. The zero-order chi connectivity index (χ0) is 15.9. The third kappa shape index (κ3) is 3.85. The molecule has 1 aromatic heterocycles. The Bertz CT molecular complexity index is 619. The highest BCUT2D eigenvalue weighted by molar-refractivity contribution is 7.15. The summed E-state index contributed by atoms with van der Waals surface area (Å²) in [6, 6.07) is 8.18. The van der Waals surface area contributed by atoms with Crippen molar-refractivity contribution in [2.24, 2.45) is 0 Å². The van der Waals surface area contributed by atoms with Gasteiger partial charge in [-0.2, -0.15) is 0 Å². The van der Waals surface area contributed by atoms with Crippen molar-refractivity contribution in [3.05, 3.63) is 34.7 Å². The SMILES string of the molecule is CCCCc1ccc(-c2nc(OC)sc2C(=O)OCC)cc1. The average Bonchev–Trinajstić information content (AvgIpc) is 2.98. The zero-order valence-corrected chi connectivity index (χ0v) is 14.0. The van der Waals surface area contributed by atoms with E-state index in [9.17, 15) is 4.79 Å². The molecule has 0 saturated carbocycles. The minimum absolute atomic E-state index is 0.342. The first-order chi connectivity index (χ1) is 10.7. The molecule has 2 rings (SSSR count). The van der Waals surface area contributed by atoms with Crippen LogP contribution in [0, 0.1) is 0 Å². The van der Waals surface area contributed by atoms with Crippen LogP contribution in [0.2, 0.25) is 0 Å². The van der Waals surface area contributed by atoms with Gasteiger partial charge in [0.1, 0.15) is 4.88 Å². The standard InChI is InChI=1S/C17H21NO3S/c1-4-6-7-12-8-10-13(11-9-12)14-15(16(19)21-5-2)22-17(18-14)20-3/h8-11H,4-7H2,1-3H3. The van der Waals surface area contributed by atoms with Gasteiger partial charge in [-0.15, -0.1) is 0 Å². The molecule has 2 aromatic rings. The Hall–Kier alpha value is -1.88. The summed E-state index contributed by atoms with van der Waals surface area (Å²) in [4.78, 5) is 16.9. The van der Waals surface area contributed by atoms with Crippen LogP contribution in [-0.4, -0.2) is 24.7 Å². The summed E-state index contributed by atoms with van der Waals surface area (Å²) in [5, 5.41) is 0.466. The molecular formula is C17H21NO3S. The fourth-order valence-electron chi connectivity index (χ4n) is 2.13. The molecule has 0 amide bonds. The van der Waals surface area contributed by atoms with Gasteiger partial charge in [0.2, 0.25) is 0 Å². The third-order valence-electron chi connectivity index (χ3n) is 3.29. The summed E-state index contributed by atoms with van der Waals surface area (Å²) in [6.45, 7) is 4.31. The van der Waals surface area contributed by atoms with Crippen molar-refractivity contribution in [3.8, 4) is 16.5 Å². The molecule has 5 heteroatoms. The summed E-state index contributed by atoms with van der Waals surface area (Å²) in [6.07, 6.45) is 3.43. The van der Waals surface area contributed by atoms with Gasteiger partial charge in [0, 0.05) is 5.56 Å². The van der Waals surface area contributed by atoms with E-state index >= 15 is 0 Å². The van der Waals surface area contributed by atoms with Gasteiger partial charge in [-0.3, -0.25) is 0 Å². The molecule has 0 atom stereocenters. The number of esters is 1. The number of unbranched alkanes of at least 4 members (excludes halogenated alkanes) is 1. The van der Waals surface area contributed by atoms with E-state index < -0.39 is 0 Å². The summed E-state index contributed by atoms with van der Waals surface area (Å²) in [5.74, 6) is -0.353. The average molecular weight is 319 g/mol. The van der Waals surface area contributed by atoms with Crippen LogP contribution in [0.15, 0.2) is 24.3 Å². The quantitative estimate of drug-likeness (QED) is 0.712. The van der Waals surface area contributed by atoms with Crippen LogP contribution >= 0.6 is 11.3 Å². The number of hydrogen-bond donors (Lipinski definition) is 0. The number of carbonyl (C=O) groups excluding carboxylic acids is 1. The van der Waals surface area contributed by atoms with Crippen molar-refractivity contribution < 1.29 is 14.3 Å². The van der Waals surface area contributed by atoms with Crippen molar-refractivity contribution in [2.45, 2.75) is 33.1 Å². The fraction of sp³-hybridized carbons (Fsp3) is 0.412. The number of ether oxygens (including phenoxy) is 2. The largest absolute Gasteiger partial charge is 0.473 e. The maximum atomic E-state index is 12.1. The Morgan fingerprint density at radius 3 is 2.55 bits per heavy atom. The summed E-state index contributed by atoms with van der Waals surface area (Å²) >= 11 is 1.21. The lowest BCUT2D eigenvalue weighted by molar-refractivity contribution is 0.0532. The Kier molecular flexibility index (Phi) is 5.95. The van der Waals surface area contributed by atoms with E-state index in [1.807, 2.05) is 12.1 Å².